The molecule has 1 amide bonds. The first-order chi connectivity index (χ1) is 8.08. The van der Waals surface area contributed by atoms with Crippen LogP contribution in [0.4, 0.5) is 0 Å². The molecule has 2 nitrogen and oxygen atoms in total. The zero-order valence-corrected chi connectivity index (χ0v) is 12.0. The minimum Gasteiger partial charge on any atom is -0.338 e. The Morgan fingerprint density at radius 2 is 2.12 bits per heavy atom. The van der Waals surface area contributed by atoms with Crippen LogP contribution in [0, 0.1) is 5.92 Å². The van der Waals surface area contributed by atoms with Crippen LogP contribution in [0.1, 0.15) is 31.4 Å². The highest BCUT2D eigenvalue weighted by Gasteiger charge is 2.20. The van der Waals surface area contributed by atoms with Gasteiger partial charge >= 0.3 is 0 Å². The van der Waals surface area contributed by atoms with Crippen molar-refractivity contribution in [2.75, 3.05) is 6.54 Å². The number of benzene rings is 1. The molecule has 1 aromatic carbocycles. The lowest BCUT2D eigenvalue weighted by atomic mass is 10.0. The van der Waals surface area contributed by atoms with Gasteiger partial charge in [-0.3, -0.25) is 4.79 Å². The summed E-state index contributed by atoms with van der Waals surface area (Å²) in [5.41, 5.74) is 2.66. The number of nitrogens with zero attached hydrogens (tertiary/aromatic N) is 1. The molecule has 0 aromatic heterocycles. The topological polar surface area (TPSA) is 20.3 Å². The zero-order chi connectivity index (χ0) is 12.4. The molecule has 0 unspecified atom stereocenters. The lowest BCUT2D eigenvalue weighted by Crippen LogP contribution is -2.33. The zero-order valence-electron chi connectivity index (χ0n) is 10.4. The summed E-state index contributed by atoms with van der Waals surface area (Å²) in [5, 5.41) is 0. The normalized spacial score (nSPS) is 15.6. The number of halogens is 1. The van der Waals surface area contributed by atoms with Crippen LogP contribution in [0.2, 0.25) is 0 Å². The first kappa shape index (κ1) is 12.6. The van der Waals surface area contributed by atoms with Crippen molar-refractivity contribution in [2.24, 2.45) is 5.92 Å². The van der Waals surface area contributed by atoms with Gasteiger partial charge in [0.15, 0.2) is 0 Å². The van der Waals surface area contributed by atoms with E-state index in [-0.39, 0.29) is 11.8 Å². The van der Waals surface area contributed by atoms with Crippen molar-refractivity contribution >= 4 is 21.8 Å². The summed E-state index contributed by atoms with van der Waals surface area (Å²) in [5.74, 6) is 0.354. The fraction of sp³-hybridized carbons (Fsp3) is 0.500. The van der Waals surface area contributed by atoms with Crippen LogP contribution in [0.15, 0.2) is 22.7 Å². The molecule has 0 N–H and O–H groups in total. The van der Waals surface area contributed by atoms with Gasteiger partial charge in [0.25, 0.3) is 0 Å². The van der Waals surface area contributed by atoms with Gasteiger partial charge < -0.3 is 4.90 Å². The number of carbonyl (C=O) groups excluding carboxylic acids is 1. The monoisotopic (exact) mass is 295 g/mol. The third kappa shape index (κ3) is 2.89. The molecule has 17 heavy (non-hydrogen) atoms. The SMILES string of the molecule is CC(C)C(=O)N1CCCc2cc(Br)ccc2C1. The molecule has 2 rings (SSSR count). The van der Waals surface area contributed by atoms with Crippen molar-refractivity contribution in [3.8, 4) is 0 Å². The molecule has 1 heterocycles. The third-order valence-corrected chi connectivity index (χ3v) is 3.70. The molecule has 0 radical (unpaired) electrons. The lowest BCUT2D eigenvalue weighted by molar-refractivity contribution is -0.135. The van der Waals surface area contributed by atoms with Crippen LogP contribution in [0.25, 0.3) is 0 Å². The van der Waals surface area contributed by atoms with Gasteiger partial charge in [0.2, 0.25) is 5.91 Å². The van der Waals surface area contributed by atoms with E-state index in [1.54, 1.807) is 0 Å². The molecule has 0 aliphatic carbocycles. The molecule has 92 valence electrons. The van der Waals surface area contributed by atoms with Gasteiger partial charge in [0, 0.05) is 23.5 Å². The van der Waals surface area contributed by atoms with Gasteiger partial charge in [-0.25, -0.2) is 0 Å². The van der Waals surface area contributed by atoms with E-state index in [0.29, 0.717) is 0 Å². The average Bonchev–Trinajstić information content (AvgIpc) is 2.49. The van der Waals surface area contributed by atoms with E-state index in [1.807, 2.05) is 18.7 Å². The van der Waals surface area contributed by atoms with Gasteiger partial charge in [-0.1, -0.05) is 35.8 Å². The number of hydrogen-bond donors (Lipinski definition) is 0. The van der Waals surface area contributed by atoms with Gasteiger partial charge in [0.05, 0.1) is 0 Å². The maximum atomic E-state index is 12.0. The fourth-order valence-corrected chi connectivity index (χ4v) is 2.69. The van der Waals surface area contributed by atoms with Crippen molar-refractivity contribution in [3.63, 3.8) is 0 Å². The van der Waals surface area contributed by atoms with Crippen LogP contribution in [0.5, 0.6) is 0 Å². The maximum Gasteiger partial charge on any atom is 0.225 e. The smallest absolute Gasteiger partial charge is 0.225 e. The molecular formula is C14H18BrNO. The van der Waals surface area contributed by atoms with Crippen LogP contribution < -0.4 is 0 Å². The standard InChI is InChI=1S/C14H18BrNO/c1-10(2)14(17)16-7-3-4-11-8-13(15)6-5-12(11)9-16/h5-6,8,10H,3-4,7,9H2,1-2H3. The van der Waals surface area contributed by atoms with Crippen molar-refractivity contribution in [2.45, 2.75) is 33.2 Å². The van der Waals surface area contributed by atoms with Crippen molar-refractivity contribution in [1.29, 1.82) is 0 Å². The van der Waals surface area contributed by atoms with Crippen molar-refractivity contribution in [1.82, 2.24) is 4.90 Å². The number of fused-ring (bicyclic) bond motifs is 1. The Morgan fingerprint density at radius 1 is 1.35 bits per heavy atom. The number of hydrogen-bond acceptors (Lipinski definition) is 1. The predicted molar refractivity (Wildman–Crippen MR) is 72.7 cm³/mol. The van der Waals surface area contributed by atoms with Crippen LogP contribution >= 0.6 is 15.9 Å². The van der Waals surface area contributed by atoms with Crippen LogP contribution in [0.3, 0.4) is 0 Å². The minimum absolute atomic E-state index is 0.0898. The number of aryl methyl sites for hydroxylation is 1. The van der Waals surface area contributed by atoms with Gasteiger partial charge in [0.1, 0.15) is 0 Å². The quantitative estimate of drug-likeness (QED) is 0.778. The van der Waals surface area contributed by atoms with Gasteiger partial charge in [-0.05, 0) is 36.1 Å². The van der Waals surface area contributed by atoms with E-state index in [2.05, 4.69) is 34.1 Å². The summed E-state index contributed by atoms with van der Waals surface area (Å²) in [6, 6.07) is 6.37. The Kier molecular flexibility index (Phi) is 3.87. The predicted octanol–water partition coefficient (Wildman–Crippen LogP) is 3.38. The molecule has 0 atom stereocenters. The second-order valence-corrected chi connectivity index (χ2v) is 5.85. The van der Waals surface area contributed by atoms with E-state index < -0.39 is 0 Å². The second-order valence-electron chi connectivity index (χ2n) is 4.93. The molecule has 0 saturated carbocycles. The minimum atomic E-state index is 0.0898. The van der Waals surface area contributed by atoms with Crippen LogP contribution in [-0.4, -0.2) is 17.4 Å². The summed E-state index contributed by atoms with van der Waals surface area (Å²) < 4.78 is 1.12. The highest BCUT2D eigenvalue weighted by atomic mass is 79.9. The summed E-state index contributed by atoms with van der Waals surface area (Å²) in [4.78, 5) is 14.0. The summed E-state index contributed by atoms with van der Waals surface area (Å²) >= 11 is 3.50. The second kappa shape index (κ2) is 5.21. The molecule has 1 aliphatic rings. The number of amides is 1. The Balaban J connectivity index is 2.23. The highest BCUT2D eigenvalue weighted by molar-refractivity contribution is 9.10. The van der Waals surface area contributed by atoms with E-state index in [9.17, 15) is 4.79 Å². The summed E-state index contributed by atoms with van der Waals surface area (Å²) in [6.07, 6.45) is 2.12. The van der Waals surface area contributed by atoms with Gasteiger partial charge in [-0.15, -0.1) is 0 Å². The molecule has 1 aromatic rings. The molecular weight excluding hydrogens is 278 g/mol. The number of rotatable bonds is 1. The van der Waals surface area contributed by atoms with E-state index in [0.717, 1.165) is 30.4 Å². The van der Waals surface area contributed by atoms with Crippen LogP contribution in [-0.2, 0) is 17.8 Å². The first-order valence-electron chi connectivity index (χ1n) is 6.14. The molecule has 0 spiro atoms. The van der Waals surface area contributed by atoms with Crippen molar-refractivity contribution < 1.29 is 4.79 Å². The Labute approximate surface area is 111 Å². The Bertz CT molecular complexity index is 428. The average molecular weight is 296 g/mol. The molecule has 3 heteroatoms. The fourth-order valence-electron chi connectivity index (χ4n) is 2.28. The van der Waals surface area contributed by atoms with E-state index >= 15 is 0 Å². The molecule has 0 bridgehead atoms. The molecule has 1 aliphatic heterocycles. The Hall–Kier alpha value is -0.830. The van der Waals surface area contributed by atoms with Crippen molar-refractivity contribution in [3.05, 3.63) is 33.8 Å². The van der Waals surface area contributed by atoms with Gasteiger partial charge in [-0.2, -0.15) is 0 Å². The maximum absolute atomic E-state index is 12.0. The van der Waals surface area contributed by atoms with E-state index in [1.165, 1.54) is 11.1 Å². The summed E-state index contributed by atoms with van der Waals surface area (Å²) in [6.45, 7) is 5.58. The Morgan fingerprint density at radius 3 is 2.82 bits per heavy atom. The summed E-state index contributed by atoms with van der Waals surface area (Å²) in [7, 11) is 0. The lowest BCUT2D eigenvalue weighted by Gasteiger charge is -2.23. The molecule has 0 fully saturated rings. The number of carbonyl (C=O) groups is 1. The first-order valence-corrected chi connectivity index (χ1v) is 6.93. The highest BCUT2D eigenvalue weighted by Crippen LogP contribution is 2.23. The van der Waals surface area contributed by atoms with E-state index in [4.69, 9.17) is 0 Å². The largest absolute Gasteiger partial charge is 0.338 e. The molecule has 0 saturated heterocycles. The third-order valence-electron chi connectivity index (χ3n) is 3.21.